The topological polar surface area (TPSA) is 72.2 Å². The highest BCUT2D eigenvalue weighted by molar-refractivity contribution is 4.38. The molecule has 0 amide bonds. The number of rotatable bonds is 15. The molecule has 0 aromatic rings. The Balaban J connectivity index is 2.86. The Morgan fingerprint density at radius 1 is 0.611 bits per heavy atom. The maximum absolute atomic E-state index is 5.37. The van der Waals surface area contributed by atoms with Gasteiger partial charge in [-0.2, -0.15) is 0 Å². The maximum Gasteiger partial charge on any atom is 0.0701 e. The van der Waals surface area contributed by atoms with Gasteiger partial charge in [-0.3, -0.25) is 0 Å². The van der Waals surface area contributed by atoms with Crippen molar-refractivity contribution in [3.63, 3.8) is 0 Å². The first-order valence-corrected chi connectivity index (χ1v) is 6.41. The summed E-state index contributed by atoms with van der Waals surface area (Å²) in [6, 6.07) is 0. The van der Waals surface area contributed by atoms with Crippen LogP contribution in [-0.4, -0.2) is 73.1 Å². The summed E-state index contributed by atoms with van der Waals surface area (Å²) in [4.78, 5) is 0. The molecule has 0 saturated carbocycles. The lowest BCUT2D eigenvalue weighted by Gasteiger charge is -2.06. The Bertz CT molecular complexity index is 132. The largest absolute Gasteiger partial charge is 0.382 e. The summed E-state index contributed by atoms with van der Waals surface area (Å²) in [5.74, 6) is 0. The SMILES string of the molecule is COCCOCCOCCCOCCOCCN. The molecule has 18 heavy (non-hydrogen) atoms. The van der Waals surface area contributed by atoms with Crippen LogP contribution in [0.3, 0.4) is 0 Å². The molecule has 6 heteroatoms. The molecule has 0 aromatic heterocycles. The molecule has 0 aliphatic rings. The monoisotopic (exact) mass is 265 g/mol. The number of hydrogen-bond donors (Lipinski definition) is 1. The Kier molecular flexibility index (Phi) is 16.5. The molecule has 0 aliphatic carbocycles. The molecule has 0 saturated heterocycles. The molecule has 0 atom stereocenters. The summed E-state index contributed by atoms with van der Waals surface area (Å²) in [6.45, 7) is 6.21. The van der Waals surface area contributed by atoms with E-state index in [4.69, 9.17) is 29.4 Å². The predicted octanol–water partition coefficient (Wildman–Crippen LogP) is 0.0480. The van der Waals surface area contributed by atoms with E-state index < -0.39 is 0 Å². The third-order valence-electron chi connectivity index (χ3n) is 2.02. The quantitative estimate of drug-likeness (QED) is 0.422. The lowest BCUT2D eigenvalue weighted by molar-refractivity contribution is 0.0125. The molecule has 0 aromatic carbocycles. The zero-order valence-corrected chi connectivity index (χ0v) is 11.4. The van der Waals surface area contributed by atoms with Crippen molar-refractivity contribution in [1.82, 2.24) is 0 Å². The molecule has 0 radical (unpaired) electrons. The lowest BCUT2D eigenvalue weighted by atomic mass is 10.5. The van der Waals surface area contributed by atoms with E-state index in [-0.39, 0.29) is 0 Å². The van der Waals surface area contributed by atoms with Crippen LogP contribution in [0.2, 0.25) is 0 Å². The highest BCUT2D eigenvalue weighted by Gasteiger charge is 1.92. The summed E-state index contributed by atoms with van der Waals surface area (Å²) in [7, 11) is 1.65. The summed E-state index contributed by atoms with van der Waals surface area (Å²) >= 11 is 0. The van der Waals surface area contributed by atoms with Crippen LogP contribution < -0.4 is 5.73 Å². The van der Waals surface area contributed by atoms with Crippen molar-refractivity contribution < 1.29 is 23.7 Å². The van der Waals surface area contributed by atoms with Crippen LogP contribution >= 0.6 is 0 Å². The highest BCUT2D eigenvalue weighted by atomic mass is 16.5. The molecular formula is C12H27NO5. The van der Waals surface area contributed by atoms with Crippen molar-refractivity contribution in [2.75, 3.05) is 73.1 Å². The van der Waals surface area contributed by atoms with Gasteiger partial charge in [0.15, 0.2) is 0 Å². The minimum Gasteiger partial charge on any atom is -0.382 e. The van der Waals surface area contributed by atoms with E-state index in [9.17, 15) is 0 Å². The second-order valence-corrected chi connectivity index (χ2v) is 3.58. The number of ether oxygens (including phenoxy) is 5. The van der Waals surface area contributed by atoms with Crippen LogP contribution in [0.25, 0.3) is 0 Å². The van der Waals surface area contributed by atoms with E-state index >= 15 is 0 Å². The molecule has 0 rings (SSSR count). The van der Waals surface area contributed by atoms with Crippen molar-refractivity contribution in [3.8, 4) is 0 Å². The van der Waals surface area contributed by atoms with E-state index in [0.717, 1.165) is 6.42 Å². The molecule has 0 heterocycles. The predicted molar refractivity (Wildman–Crippen MR) is 68.8 cm³/mol. The molecule has 0 aliphatic heterocycles. The average Bonchev–Trinajstić information content (AvgIpc) is 2.39. The fraction of sp³-hybridized carbons (Fsp3) is 1.00. The average molecular weight is 265 g/mol. The van der Waals surface area contributed by atoms with Gasteiger partial charge >= 0.3 is 0 Å². The zero-order chi connectivity index (χ0) is 13.3. The van der Waals surface area contributed by atoms with Crippen molar-refractivity contribution in [3.05, 3.63) is 0 Å². The molecule has 0 unspecified atom stereocenters. The third-order valence-corrected chi connectivity index (χ3v) is 2.02. The summed E-state index contributed by atoms with van der Waals surface area (Å²) in [6.07, 6.45) is 0.884. The van der Waals surface area contributed by atoms with Gasteiger partial charge in [0, 0.05) is 26.9 Å². The Labute approximate surface area is 110 Å². The van der Waals surface area contributed by atoms with Gasteiger partial charge in [-0.15, -0.1) is 0 Å². The molecular weight excluding hydrogens is 238 g/mol. The fourth-order valence-electron chi connectivity index (χ4n) is 1.13. The van der Waals surface area contributed by atoms with Gasteiger partial charge in [-0.1, -0.05) is 0 Å². The van der Waals surface area contributed by atoms with Crippen molar-refractivity contribution >= 4 is 0 Å². The molecule has 0 bridgehead atoms. The Hall–Kier alpha value is -0.240. The van der Waals surface area contributed by atoms with Gasteiger partial charge in [-0.25, -0.2) is 0 Å². The summed E-state index contributed by atoms with van der Waals surface area (Å²) in [5.41, 5.74) is 5.28. The van der Waals surface area contributed by atoms with Crippen molar-refractivity contribution in [2.24, 2.45) is 5.73 Å². The van der Waals surface area contributed by atoms with E-state index in [0.29, 0.717) is 66.0 Å². The van der Waals surface area contributed by atoms with Crippen LogP contribution in [0.5, 0.6) is 0 Å². The first kappa shape index (κ1) is 17.8. The second-order valence-electron chi connectivity index (χ2n) is 3.58. The number of nitrogens with two attached hydrogens (primary N) is 1. The first-order chi connectivity index (χ1) is 8.91. The third kappa shape index (κ3) is 15.8. The standard InChI is InChI=1S/C12H27NO5/c1-14-7-8-18-12-10-16-5-2-4-15-9-11-17-6-3-13/h2-13H2,1H3. The number of methoxy groups -OCH3 is 1. The van der Waals surface area contributed by atoms with Gasteiger partial charge < -0.3 is 29.4 Å². The minimum atomic E-state index is 0.556. The smallest absolute Gasteiger partial charge is 0.0701 e. The van der Waals surface area contributed by atoms with Gasteiger partial charge in [0.1, 0.15) is 0 Å². The van der Waals surface area contributed by atoms with Crippen LogP contribution in [0.4, 0.5) is 0 Å². The normalized spacial score (nSPS) is 11.0. The maximum atomic E-state index is 5.37. The Morgan fingerprint density at radius 3 is 1.56 bits per heavy atom. The van der Waals surface area contributed by atoms with Crippen molar-refractivity contribution in [2.45, 2.75) is 6.42 Å². The van der Waals surface area contributed by atoms with Gasteiger partial charge in [0.2, 0.25) is 0 Å². The summed E-state index contributed by atoms with van der Waals surface area (Å²) < 4.78 is 26.0. The fourth-order valence-corrected chi connectivity index (χ4v) is 1.13. The van der Waals surface area contributed by atoms with Crippen molar-refractivity contribution in [1.29, 1.82) is 0 Å². The van der Waals surface area contributed by atoms with E-state index in [1.54, 1.807) is 7.11 Å². The molecule has 2 N–H and O–H groups in total. The zero-order valence-electron chi connectivity index (χ0n) is 11.4. The van der Waals surface area contributed by atoms with Crippen LogP contribution in [-0.2, 0) is 23.7 Å². The molecule has 110 valence electrons. The minimum absolute atomic E-state index is 0.556. The van der Waals surface area contributed by atoms with E-state index in [1.807, 2.05) is 0 Å². The molecule has 6 nitrogen and oxygen atoms in total. The highest BCUT2D eigenvalue weighted by Crippen LogP contribution is 1.87. The van der Waals surface area contributed by atoms with Gasteiger partial charge in [0.05, 0.1) is 46.2 Å². The van der Waals surface area contributed by atoms with Crippen LogP contribution in [0, 0.1) is 0 Å². The van der Waals surface area contributed by atoms with Crippen LogP contribution in [0.15, 0.2) is 0 Å². The van der Waals surface area contributed by atoms with Gasteiger partial charge in [-0.05, 0) is 6.42 Å². The second kappa shape index (κ2) is 16.8. The van der Waals surface area contributed by atoms with E-state index in [2.05, 4.69) is 0 Å². The lowest BCUT2D eigenvalue weighted by Crippen LogP contribution is -2.13. The number of hydrogen-bond acceptors (Lipinski definition) is 6. The molecule has 0 fully saturated rings. The summed E-state index contributed by atoms with van der Waals surface area (Å²) in [5, 5.41) is 0. The van der Waals surface area contributed by atoms with E-state index in [1.165, 1.54) is 0 Å². The first-order valence-electron chi connectivity index (χ1n) is 6.41. The van der Waals surface area contributed by atoms with Crippen LogP contribution in [0.1, 0.15) is 6.42 Å². The Morgan fingerprint density at radius 2 is 1.06 bits per heavy atom. The van der Waals surface area contributed by atoms with Gasteiger partial charge in [0.25, 0.3) is 0 Å². The molecule has 0 spiro atoms.